The molecule has 3 aliphatic rings. The number of nitrogens with one attached hydrogen (secondary N) is 2. The number of aliphatic imine (C=N–C) groups is 1. The van der Waals surface area contributed by atoms with Crippen LogP contribution in [0.25, 0.3) is 10.9 Å². The summed E-state index contributed by atoms with van der Waals surface area (Å²) < 4.78 is 27.5. The van der Waals surface area contributed by atoms with E-state index in [0.29, 0.717) is 38.3 Å². The molecule has 5 rings (SSSR count). The summed E-state index contributed by atoms with van der Waals surface area (Å²) >= 11 is 0. The fourth-order valence-corrected chi connectivity index (χ4v) is 7.42. The summed E-state index contributed by atoms with van der Waals surface area (Å²) in [5, 5.41) is 4.30. The fourth-order valence-electron chi connectivity index (χ4n) is 5.86. The Morgan fingerprint density at radius 3 is 2.62 bits per heavy atom. The molecule has 184 valence electrons. The first kappa shape index (κ1) is 23.5. The minimum atomic E-state index is -3.30. The molecule has 1 amide bonds. The first-order valence-electron chi connectivity index (χ1n) is 12.9. The first-order valence-corrected chi connectivity index (χ1v) is 14.5. The fraction of sp³-hybridized carbons (Fsp3) is 0.615. The number of aromatic nitrogens is 1. The lowest BCUT2D eigenvalue weighted by Gasteiger charge is -2.34. The Labute approximate surface area is 202 Å². The van der Waals surface area contributed by atoms with Crippen LogP contribution in [0.1, 0.15) is 69.8 Å². The SMILES string of the molecule is O=C1NC(C2CCCCC2)=NC12CCN(S(=O)(=O)CCCCCc1cccc3[nH]ccc13)CC2. The molecule has 1 aromatic heterocycles. The molecular formula is C26H36N4O3S. The highest BCUT2D eigenvalue weighted by Gasteiger charge is 2.48. The number of hydrogen-bond donors (Lipinski definition) is 2. The van der Waals surface area contributed by atoms with E-state index in [4.69, 9.17) is 4.99 Å². The Bertz CT molecular complexity index is 1160. The van der Waals surface area contributed by atoms with Gasteiger partial charge >= 0.3 is 0 Å². The molecule has 1 spiro atoms. The number of amides is 1. The molecule has 2 aromatic rings. The molecule has 0 atom stereocenters. The quantitative estimate of drug-likeness (QED) is 0.551. The number of amidine groups is 1. The van der Waals surface area contributed by atoms with Gasteiger partial charge in [-0.25, -0.2) is 12.7 Å². The summed E-state index contributed by atoms with van der Waals surface area (Å²) in [6.07, 6.45) is 12.2. The minimum absolute atomic E-state index is 0.0254. The zero-order valence-corrected chi connectivity index (χ0v) is 20.7. The lowest BCUT2D eigenvalue weighted by Crippen LogP contribution is -2.50. The van der Waals surface area contributed by atoms with Crippen LogP contribution in [0.4, 0.5) is 0 Å². The van der Waals surface area contributed by atoms with Crippen LogP contribution in [0.3, 0.4) is 0 Å². The summed E-state index contributed by atoms with van der Waals surface area (Å²) in [4.78, 5) is 20.9. The van der Waals surface area contributed by atoms with E-state index >= 15 is 0 Å². The van der Waals surface area contributed by atoms with E-state index in [9.17, 15) is 13.2 Å². The van der Waals surface area contributed by atoms with Gasteiger partial charge < -0.3 is 10.3 Å². The number of H-pyrrole nitrogens is 1. The van der Waals surface area contributed by atoms with E-state index in [0.717, 1.165) is 43.5 Å². The van der Waals surface area contributed by atoms with Crippen molar-refractivity contribution in [3.05, 3.63) is 36.0 Å². The topological polar surface area (TPSA) is 94.6 Å². The Morgan fingerprint density at radius 2 is 1.82 bits per heavy atom. The number of hydrogen-bond acceptors (Lipinski definition) is 4. The van der Waals surface area contributed by atoms with E-state index in [1.807, 2.05) is 6.20 Å². The monoisotopic (exact) mass is 484 g/mol. The molecule has 8 heteroatoms. The third-order valence-electron chi connectivity index (χ3n) is 7.97. The van der Waals surface area contributed by atoms with Crippen molar-refractivity contribution >= 4 is 32.7 Å². The Balaban J connectivity index is 1.09. The number of nitrogens with zero attached hydrogens (tertiary/aromatic N) is 2. The molecule has 0 radical (unpaired) electrons. The largest absolute Gasteiger partial charge is 0.361 e. The van der Waals surface area contributed by atoms with Gasteiger partial charge in [0.2, 0.25) is 10.0 Å². The van der Waals surface area contributed by atoms with Gasteiger partial charge in [0.05, 0.1) is 5.75 Å². The second kappa shape index (κ2) is 9.82. The lowest BCUT2D eigenvalue weighted by atomic mass is 9.88. The summed E-state index contributed by atoms with van der Waals surface area (Å²) in [5.41, 5.74) is 1.71. The summed E-state index contributed by atoms with van der Waals surface area (Å²) in [6, 6.07) is 8.39. The van der Waals surface area contributed by atoms with Crippen molar-refractivity contribution in [1.82, 2.24) is 14.6 Å². The van der Waals surface area contributed by atoms with Crippen LogP contribution >= 0.6 is 0 Å². The van der Waals surface area contributed by atoms with Gasteiger partial charge in [0.15, 0.2) is 0 Å². The van der Waals surface area contributed by atoms with Crippen molar-refractivity contribution in [3.8, 4) is 0 Å². The molecule has 34 heavy (non-hydrogen) atoms. The van der Waals surface area contributed by atoms with Crippen molar-refractivity contribution in [3.63, 3.8) is 0 Å². The van der Waals surface area contributed by atoms with Crippen LogP contribution in [0, 0.1) is 5.92 Å². The van der Waals surface area contributed by atoms with Gasteiger partial charge in [-0.2, -0.15) is 0 Å². The average Bonchev–Trinajstić information content (AvgIpc) is 3.45. The van der Waals surface area contributed by atoms with E-state index < -0.39 is 15.6 Å². The normalized spacial score (nSPS) is 21.8. The van der Waals surface area contributed by atoms with Crippen molar-refractivity contribution in [2.75, 3.05) is 18.8 Å². The summed E-state index contributed by atoms with van der Waals surface area (Å²) in [5.74, 6) is 1.37. The smallest absolute Gasteiger partial charge is 0.253 e. The highest BCUT2D eigenvalue weighted by Crippen LogP contribution is 2.35. The predicted octanol–water partition coefficient (Wildman–Crippen LogP) is 4.15. The highest BCUT2D eigenvalue weighted by atomic mass is 32.2. The van der Waals surface area contributed by atoms with E-state index in [1.165, 1.54) is 30.2 Å². The summed E-state index contributed by atoms with van der Waals surface area (Å²) in [6.45, 7) is 0.763. The van der Waals surface area contributed by atoms with Gasteiger partial charge in [0.25, 0.3) is 5.91 Å². The van der Waals surface area contributed by atoms with Crippen molar-refractivity contribution in [2.24, 2.45) is 10.9 Å². The van der Waals surface area contributed by atoms with Crippen LogP contribution in [0.5, 0.6) is 0 Å². The molecule has 1 saturated heterocycles. The maximum atomic E-state index is 12.9. The van der Waals surface area contributed by atoms with E-state index in [2.05, 4.69) is 34.6 Å². The van der Waals surface area contributed by atoms with Gasteiger partial charge in [-0.1, -0.05) is 37.8 Å². The van der Waals surface area contributed by atoms with Gasteiger partial charge in [-0.15, -0.1) is 0 Å². The Morgan fingerprint density at radius 1 is 1.03 bits per heavy atom. The molecule has 0 bridgehead atoms. The van der Waals surface area contributed by atoms with Gasteiger partial charge in [0.1, 0.15) is 11.4 Å². The molecule has 1 saturated carbocycles. The number of piperidine rings is 1. The number of unbranched alkanes of at least 4 members (excludes halogenated alkanes) is 2. The van der Waals surface area contributed by atoms with Crippen LogP contribution in [-0.4, -0.2) is 53.8 Å². The number of sulfonamides is 1. The molecule has 2 fully saturated rings. The Hall–Kier alpha value is -2.19. The Kier molecular flexibility index (Phi) is 6.80. The maximum absolute atomic E-state index is 12.9. The highest BCUT2D eigenvalue weighted by molar-refractivity contribution is 7.89. The molecule has 2 aliphatic heterocycles. The molecule has 2 N–H and O–H groups in total. The van der Waals surface area contributed by atoms with Crippen molar-refractivity contribution in [1.29, 1.82) is 0 Å². The third-order valence-corrected chi connectivity index (χ3v) is 9.92. The number of aromatic amines is 1. The number of fused-ring (bicyclic) bond motifs is 1. The van der Waals surface area contributed by atoms with Gasteiger partial charge in [0, 0.05) is 36.1 Å². The van der Waals surface area contributed by atoms with E-state index in [1.54, 1.807) is 4.31 Å². The first-order chi connectivity index (χ1) is 16.5. The van der Waals surface area contributed by atoms with Crippen LogP contribution in [-0.2, 0) is 21.2 Å². The second-order valence-electron chi connectivity index (χ2n) is 10.2. The summed E-state index contributed by atoms with van der Waals surface area (Å²) in [7, 11) is -3.30. The average molecular weight is 485 g/mol. The van der Waals surface area contributed by atoms with E-state index in [-0.39, 0.29) is 11.7 Å². The zero-order valence-electron chi connectivity index (χ0n) is 19.9. The second-order valence-corrected chi connectivity index (χ2v) is 12.3. The van der Waals surface area contributed by atoms with Crippen molar-refractivity contribution in [2.45, 2.75) is 76.2 Å². The number of benzene rings is 1. The number of rotatable bonds is 8. The number of carbonyl (C=O) groups is 1. The van der Waals surface area contributed by atoms with Crippen LogP contribution in [0.15, 0.2) is 35.5 Å². The lowest BCUT2D eigenvalue weighted by molar-refractivity contribution is -0.125. The minimum Gasteiger partial charge on any atom is -0.361 e. The van der Waals surface area contributed by atoms with Crippen LogP contribution in [0.2, 0.25) is 0 Å². The van der Waals surface area contributed by atoms with Gasteiger partial charge in [-0.05, 0) is 62.6 Å². The third kappa shape index (κ3) is 4.80. The molecule has 1 aromatic carbocycles. The maximum Gasteiger partial charge on any atom is 0.253 e. The predicted molar refractivity (Wildman–Crippen MR) is 135 cm³/mol. The molecule has 3 heterocycles. The standard InChI is InChI=1S/C26H36N4O3S/c31-25-26(29-24(28-25)21-9-3-1-4-10-21)14-17-30(18-15-26)34(32,33)19-6-2-5-8-20-11-7-12-23-22(20)13-16-27-23/h7,11-13,16,21,27H,1-6,8-10,14-15,17-19H2,(H,28,29,31). The van der Waals surface area contributed by atoms with Gasteiger partial charge in [-0.3, -0.25) is 9.79 Å². The number of carbonyl (C=O) groups excluding carboxylic acids is 1. The molecule has 1 aliphatic carbocycles. The zero-order chi connectivity index (χ0) is 23.6. The molecule has 0 unspecified atom stereocenters. The van der Waals surface area contributed by atoms with Crippen molar-refractivity contribution < 1.29 is 13.2 Å². The molecule has 7 nitrogen and oxygen atoms in total. The number of aryl methyl sites for hydroxylation is 1. The van der Waals surface area contributed by atoms with Crippen LogP contribution < -0.4 is 5.32 Å². The molecular weight excluding hydrogens is 448 g/mol.